The fourth-order valence-electron chi connectivity index (χ4n) is 1.42. The number of halogens is 3. The van der Waals surface area contributed by atoms with Crippen molar-refractivity contribution >= 4 is 43.4 Å². The summed E-state index contributed by atoms with van der Waals surface area (Å²) < 4.78 is 15.2. The van der Waals surface area contributed by atoms with Crippen molar-refractivity contribution in [3.63, 3.8) is 0 Å². The van der Waals surface area contributed by atoms with Gasteiger partial charge in [0.15, 0.2) is 5.78 Å². The smallest absolute Gasteiger partial charge is 0.221 e. The molecule has 2 unspecified atom stereocenters. The Hall–Kier alpha value is -0.550. The van der Waals surface area contributed by atoms with Gasteiger partial charge < -0.3 is 0 Å². The molecule has 0 spiro atoms. The Kier molecular flexibility index (Phi) is 5.66. The average Bonchev–Trinajstić information content (AvgIpc) is 2.33. The molecule has 0 aromatic heterocycles. The number of benzene rings is 1. The number of Topliss-reactive ketones (excluding diaryl/α,β-unsaturated/α-hetero) is 2. The van der Waals surface area contributed by atoms with Crippen LogP contribution in [0, 0.1) is 5.92 Å². The number of alkyl halides is 1. The lowest BCUT2D eigenvalue weighted by atomic mass is 9.95. The van der Waals surface area contributed by atoms with Crippen molar-refractivity contribution in [3.05, 3.63) is 32.7 Å². The normalized spacial score (nSPS) is 14.1. The molecule has 0 heterocycles. The molecule has 0 saturated carbocycles. The minimum Gasteiger partial charge on any atom is -0.296 e. The van der Waals surface area contributed by atoms with Crippen molar-refractivity contribution in [2.75, 3.05) is 0 Å². The monoisotopic (exact) mass is 378 g/mol. The van der Waals surface area contributed by atoms with E-state index >= 15 is 0 Å². The van der Waals surface area contributed by atoms with Gasteiger partial charge >= 0.3 is 0 Å². The van der Waals surface area contributed by atoms with Gasteiger partial charge in [0, 0.05) is 20.4 Å². The molecule has 0 aliphatic carbocycles. The summed E-state index contributed by atoms with van der Waals surface area (Å²) in [7, 11) is 0. The van der Waals surface area contributed by atoms with Crippen LogP contribution in [0.15, 0.2) is 27.1 Å². The summed E-state index contributed by atoms with van der Waals surface area (Å²) in [4.78, 5) is 23.5. The molecule has 0 N–H and O–H groups in total. The second-order valence-electron chi connectivity index (χ2n) is 4.10. The molecule has 0 amide bonds. The van der Waals surface area contributed by atoms with Crippen LogP contribution in [0.4, 0.5) is 4.39 Å². The van der Waals surface area contributed by atoms with E-state index in [9.17, 15) is 14.0 Å². The lowest BCUT2D eigenvalue weighted by Crippen LogP contribution is -2.30. The largest absolute Gasteiger partial charge is 0.296 e. The second-order valence-corrected chi connectivity index (χ2v) is 5.93. The predicted molar refractivity (Wildman–Crippen MR) is 75.5 cm³/mol. The highest BCUT2D eigenvalue weighted by molar-refractivity contribution is 9.11. The van der Waals surface area contributed by atoms with Gasteiger partial charge in [-0.1, -0.05) is 45.7 Å². The van der Waals surface area contributed by atoms with Gasteiger partial charge in [-0.05, 0) is 24.6 Å². The molecule has 98 valence electrons. The molecule has 1 aromatic rings. The van der Waals surface area contributed by atoms with Crippen molar-refractivity contribution < 1.29 is 14.0 Å². The van der Waals surface area contributed by atoms with Crippen LogP contribution in [0.3, 0.4) is 0 Å². The van der Waals surface area contributed by atoms with E-state index in [1.54, 1.807) is 19.9 Å². The highest BCUT2D eigenvalue weighted by Gasteiger charge is 2.30. The summed E-state index contributed by atoms with van der Waals surface area (Å²) in [6.07, 6.45) is -1.56. The summed E-state index contributed by atoms with van der Waals surface area (Å²) in [6, 6.07) is 4.74. The zero-order chi connectivity index (χ0) is 13.9. The van der Waals surface area contributed by atoms with Crippen LogP contribution in [-0.4, -0.2) is 17.7 Å². The van der Waals surface area contributed by atoms with E-state index in [-0.39, 0.29) is 5.56 Å². The van der Waals surface area contributed by atoms with Gasteiger partial charge in [-0.2, -0.15) is 0 Å². The first-order chi connectivity index (χ1) is 8.36. The molecule has 0 radical (unpaired) electrons. The van der Waals surface area contributed by atoms with E-state index < -0.39 is 23.7 Å². The number of carbonyl (C=O) groups excluding carboxylic acids is 2. The first kappa shape index (κ1) is 15.5. The third-order valence-corrected chi connectivity index (χ3v) is 3.64. The molecule has 0 fully saturated rings. The zero-order valence-corrected chi connectivity index (χ0v) is 13.2. The molecular weight excluding hydrogens is 367 g/mol. The van der Waals surface area contributed by atoms with Gasteiger partial charge in [-0.3, -0.25) is 9.59 Å². The maximum Gasteiger partial charge on any atom is 0.221 e. The van der Waals surface area contributed by atoms with Crippen molar-refractivity contribution in [1.29, 1.82) is 0 Å². The molecule has 0 aliphatic heterocycles. The standard InChI is InChI=1S/C13H13Br2FO2/c1-3-7(2)12(17)11(16)13(18)8-4-9(14)6-10(15)5-8/h4-7,11H,3H2,1-2H3. The van der Waals surface area contributed by atoms with Crippen molar-refractivity contribution in [1.82, 2.24) is 0 Å². The Balaban J connectivity index is 2.96. The van der Waals surface area contributed by atoms with Gasteiger partial charge in [0.2, 0.25) is 12.0 Å². The summed E-state index contributed by atoms with van der Waals surface area (Å²) in [5, 5.41) is 0. The Labute approximate surface area is 122 Å². The van der Waals surface area contributed by atoms with Crippen LogP contribution >= 0.6 is 31.9 Å². The Morgan fingerprint density at radius 1 is 1.22 bits per heavy atom. The number of carbonyl (C=O) groups is 2. The minimum atomic E-state index is -2.08. The Bertz CT molecular complexity index is 454. The van der Waals surface area contributed by atoms with E-state index in [0.717, 1.165) is 0 Å². The molecule has 1 aromatic carbocycles. The third kappa shape index (κ3) is 3.72. The second kappa shape index (κ2) is 6.57. The van der Waals surface area contributed by atoms with Crippen molar-refractivity contribution in [2.45, 2.75) is 26.4 Å². The number of hydrogen-bond donors (Lipinski definition) is 0. The fraction of sp³-hybridized carbons (Fsp3) is 0.385. The Morgan fingerprint density at radius 2 is 1.72 bits per heavy atom. The van der Waals surface area contributed by atoms with E-state index in [4.69, 9.17) is 0 Å². The number of hydrogen-bond acceptors (Lipinski definition) is 2. The SMILES string of the molecule is CCC(C)C(=O)C(F)C(=O)c1cc(Br)cc(Br)c1. The van der Waals surface area contributed by atoms with Crippen LogP contribution in [0.5, 0.6) is 0 Å². The summed E-state index contributed by atoms with van der Waals surface area (Å²) >= 11 is 6.44. The molecule has 2 atom stereocenters. The van der Waals surface area contributed by atoms with Crippen molar-refractivity contribution in [3.8, 4) is 0 Å². The zero-order valence-electron chi connectivity index (χ0n) is 10.0. The Morgan fingerprint density at radius 3 is 2.17 bits per heavy atom. The van der Waals surface area contributed by atoms with Crippen LogP contribution in [-0.2, 0) is 4.79 Å². The van der Waals surface area contributed by atoms with Gasteiger partial charge in [0.05, 0.1) is 0 Å². The summed E-state index contributed by atoms with van der Waals surface area (Å²) in [5.74, 6) is -1.89. The van der Waals surface area contributed by atoms with E-state index in [1.807, 2.05) is 0 Å². The van der Waals surface area contributed by atoms with E-state index in [0.29, 0.717) is 15.4 Å². The topological polar surface area (TPSA) is 34.1 Å². The van der Waals surface area contributed by atoms with E-state index in [2.05, 4.69) is 31.9 Å². The first-order valence-corrected chi connectivity index (χ1v) is 7.13. The van der Waals surface area contributed by atoms with Gasteiger partial charge in [-0.15, -0.1) is 0 Å². The molecule has 0 bridgehead atoms. The molecule has 5 heteroatoms. The van der Waals surface area contributed by atoms with Crippen molar-refractivity contribution in [2.24, 2.45) is 5.92 Å². The molecule has 18 heavy (non-hydrogen) atoms. The third-order valence-electron chi connectivity index (χ3n) is 2.73. The van der Waals surface area contributed by atoms with E-state index in [1.165, 1.54) is 12.1 Å². The predicted octanol–water partition coefficient (Wildman–Crippen LogP) is 4.35. The van der Waals surface area contributed by atoms with Gasteiger partial charge in [-0.25, -0.2) is 4.39 Å². The highest BCUT2D eigenvalue weighted by Crippen LogP contribution is 2.22. The lowest BCUT2D eigenvalue weighted by molar-refractivity contribution is -0.125. The molecular formula is C13H13Br2FO2. The molecule has 0 aliphatic rings. The highest BCUT2D eigenvalue weighted by atomic mass is 79.9. The minimum absolute atomic E-state index is 0.181. The molecule has 2 nitrogen and oxygen atoms in total. The summed E-state index contributed by atoms with van der Waals surface area (Å²) in [6.45, 7) is 3.41. The van der Waals surface area contributed by atoms with Crippen LogP contribution in [0.25, 0.3) is 0 Å². The molecule has 1 rings (SSSR count). The number of rotatable bonds is 5. The van der Waals surface area contributed by atoms with Crippen LogP contribution in [0.2, 0.25) is 0 Å². The average molecular weight is 380 g/mol. The lowest BCUT2D eigenvalue weighted by Gasteiger charge is -2.11. The summed E-state index contributed by atoms with van der Waals surface area (Å²) in [5.41, 5.74) is 0.181. The first-order valence-electron chi connectivity index (χ1n) is 5.55. The number of ketones is 2. The maximum atomic E-state index is 13.8. The fourth-order valence-corrected chi connectivity index (χ4v) is 2.72. The van der Waals surface area contributed by atoms with Crippen LogP contribution in [0.1, 0.15) is 30.6 Å². The van der Waals surface area contributed by atoms with Crippen LogP contribution < -0.4 is 0 Å². The maximum absolute atomic E-state index is 13.8. The quantitative estimate of drug-likeness (QED) is 0.563. The van der Waals surface area contributed by atoms with Gasteiger partial charge in [0.1, 0.15) is 0 Å². The van der Waals surface area contributed by atoms with Gasteiger partial charge in [0.25, 0.3) is 0 Å². The molecule has 0 saturated heterocycles.